The molecule has 0 atom stereocenters. The van der Waals surface area contributed by atoms with Crippen molar-refractivity contribution in [2.24, 2.45) is 5.92 Å². The number of hydrogen-bond acceptors (Lipinski definition) is 3. The molecule has 0 unspecified atom stereocenters. The van der Waals surface area contributed by atoms with Crippen molar-refractivity contribution in [3.63, 3.8) is 0 Å². The number of carbonyl (C=O) groups excluding carboxylic acids is 1. The van der Waals surface area contributed by atoms with Crippen LogP contribution in [-0.2, 0) is 0 Å². The molecule has 0 amide bonds. The number of ketones is 1. The molecule has 116 valence electrons. The first-order valence-electron chi connectivity index (χ1n) is 8.01. The summed E-state index contributed by atoms with van der Waals surface area (Å²) in [5, 5.41) is 0. The van der Waals surface area contributed by atoms with E-state index in [1.807, 2.05) is 31.2 Å². The Labute approximate surface area is 128 Å². The van der Waals surface area contributed by atoms with Crippen molar-refractivity contribution in [2.45, 2.75) is 26.2 Å². The highest BCUT2D eigenvalue weighted by Crippen LogP contribution is 2.18. The average molecular weight is 288 g/mol. The molecule has 1 aliphatic heterocycles. The van der Waals surface area contributed by atoms with Crippen molar-refractivity contribution in [3.05, 3.63) is 35.4 Å². The van der Waals surface area contributed by atoms with Crippen LogP contribution in [0.5, 0.6) is 0 Å². The fourth-order valence-corrected chi connectivity index (χ4v) is 3.05. The van der Waals surface area contributed by atoms with E-state index in [-0.39, 0.29) is 5.78 Å². The summed E-state index contributed by atoms with van der Waals surface area (Å²) in [6.45, 7) is 6.42. The predicted molar refractivity (Wildman–Crippen MR) is 87.8 cm³/mol. The third kappa shape index (κ3) is 5.25. The lowest BCUT2D eigenvalue weighted by Gasteiger charge is -2.33. The Morgan fingerprint density at radius 1 is 1.19 bits per heavy atom. The van der Waals surface area contributed by atoms with E-state index in [1.165, 1.54) is 24.9 Å². The smallest absolute Gasteiger partial charge is 0.164 e. The monoisotopic (exact) mass is 288 g/mol. The number of piperidine rings is 1. The molecule has 0 bridgehead atoms. The maximum absolute atomic E-state index is 12.2. The Morgan fingerprint density at radius 2 is 1.81 bits per heavy atom. The van der Waals surface area contributed by atoms with E-state index in [0.29, 0.717) is 6.42 Å². The average Bonchev–Trinajstić information content (AvgIpc) is 2.46. The predicted octanol–water partition coefficient (Wildman–Crippen LogP) is 2.84. The van der Waals surface area contributed by atoms with E-state index >= 15 is 0 Å². The van der Waals surface area contributed by atoms with E-state index in [4.69, 9.17) is 0 Å². The van der Waals surface area contributed by atoms with Gasteiger partial charge in [-0.25, -0.2) is 0 Å². The highest BCUT2D eigenvalue weighted by Gasteiger charge is 2.20. The van der Waals surface area contributed by atoms with Gasteiger partial charge in [-0.15, -0.1) is 0 Å². The lowest BCUT2D eigenvalue weighted by molar-refractivity contribution is 0.0947. The zero-order valence-corrected chi connectivity index (χ0v) is 13.6. The third-order valence-corrected chi connectivity index (χ3v) is 4.36. The minimum absolute atomic E-state index is 0.269. The summed E-state index contributed by atoms with van der Waals surface area (Å²) in [4.78, 5) is 16.9. The first kappa shape index (κ1) is 16.2. The second kappa shape index (κ2) is 7.71. The van der Waals surface area contributed by atoms with E-state index in [2.05, 4.69) is 23.9 Å². The SMILES string of the molecule is Cc1ccc(C(=O)CCN2CCC(CN(C)C)CC2)cc1. The molecule has 1 aromatic rings. The van der Waals surface area contributed by atoms with Gasteiger partial charge in [-0.3, -0.25) is 4.79 Å². The van der Waals surface area contributed by atoms with Crippen LogP contribution in [0.3, 0.4) is 0 Å². The molecule has 0 aromatic heterocycles. The maximum atomic E-state index is 12.2. The maximum Gasteiger partial charge on any atom is 0.164 e. The highest BCUT2D eigenvalue weighted by molar-refractivity contribution is 5.96. The van der Waals surface area contributed by atoms with Gasteiger partial charge in [-0.05, 0) is 52.9 Å². The van der Waals surface area contributed by atoms with Crippen LogP contribution in [0.1, 0.15) is 35.2 Å². The zero-order chi connectivity index (χ0) is 15.2. The number of carbonyl (C=O) groups is 1. The molecular formula is C18H28N2O. The van der Waals surface area contributed by atoms with Crippen LogP contribution in [0.2, 0.25) is 0 Å². The van der Waals surface area contributed by atoms with Crippen molar-refractivity contribution < 1.29 is 4.79 Å². The molecule has 0 spiro atoms. The quantitative estimate of drug-likeness (QED) is 0.752. The molecule has 1 fully saturated rings. The molecule has 0 saturated carbocycles. The minimum Gasteiger partial charge on any atom is -0.309 e. The Morgan fingerprint density at radius 3 is 2.38 bits per heavy atom. The largest absolute Gasteiger partial charge is 0.309 e. The third-order valence-electron chi connectivity index (χ3n) is 4.36. The van der Waals surface area contributed by atoms with Gasteiger partial charge >= 0.3 is 0 Å². The van der Waals surface area contributed by atoms with Gasteiger partial charge in [-0.2, -0.15) is 0 Å². The molecule has 1 aromatic carbocycles. The Kier molecular flexibility index (Phi) is 5.95. The van der Waals surface area contributed by atoms with Crippen LogP contribution in [0, 0.1) is 12.8 Å². The fraction of sp³-hybridized carbons (Fsp3) is 0.611. The van der Waals surface area contributed by atoms with Crippen LogP contribution in [0.15, 0.2) is 24.3 Å². The highest BCUT2D eigenvalue weighted by atomic mass is 16.1. The van der Waals surface area contributed by atoms with Crippen LogP contribution in [0.4, 0.5) is 0 Å². The zero-order valence-electron chi connectivity index (χ0n) is 13.6. The van der Waals surface area contributed by atoms with Gasteiger partial charge in [0.1, 0.15) is 0 Å². The van der Waals surface area contributed by atoms with Gasteiger partial charge in [-0.1, -0.05) is 29.8 Å². The molecule has 1 heterocycles. The number of Topliss-reactive ketones (excluding diaryl/α,β-unsaturated/α-hetero) is 1. The normalized spacial score (nSPS) is 17.3. The first-order chi connectivity index (χ1) is 10.0. The van der Waals surface area contributed by atoms with E-state index < -0.39 is 0 Å². The summed E-state index contributed by atoms with van der Waals surface area (Å²) in [5.74, 6) is 1.09. The number of hydrogen-bond donors (Lipinski definition) is 0. The molecular weight excluding hydrogens is 260 g/mol. The second-order valence-electron chi connectivity index (χ2n) is 6.59. The van der Waals surface area contributed by atoms with E-state index in [1.54, 1.807) is 0 Å². The molecule has 0 N–H and O–H groups in total. The van der Waals surface area contributed by atoms with Crippen LogP contribution < -0.4 is 0 Å². The molecule has 1 aliphatic rings. The van der Waals surface area contributed by atoms with E-state index in [9.17, 15) is 4.79 Å². The summed E-state index contributed by atoms with van der Waals surface area (Å²) < 4.78 is 0. The molecule has 1 saturated heterocycles. The standard InChI is InChI=1S/C18H28N2O/c1-15-4-6-17(7-5-15)18(21)10-13-20-11-8-16(9-12-20)14-19(2)3/h4-7,16H,8-14H2,1-3H3. The van der Waals surface area contributed by atoms with Gasteiger partial charge in [0.2, 0.25) is 0 Å². The fourth-order valence-electron chi connectivity index (χ4n) is 3.05. The van der Waals surface area contributed by atoms with Crippen molar-refractivity contribution in [1.29, 1.82) is 0 Å². The summed E-state index contributed by atoms with van der Waals surface area (Å²) in [7, 11) is 4.29. The van der Waals surface area contributed by atoms with Crippen molar-refractivity contribution in [3.8, 4) is 0 Å². The number of likely N-dealkylation sites (tertiary alicyclic amines) is 1. The number of aryl methyl sites for hydroxylation is 1. The number of benzene rings is 1. The van der Waals surface area contributed by atoms with Crippen LogP contribution in [-0.4, -0.2) is 55.9 Å². The van der Waals surface area contributed by atoms with E-state index in [0.717, 1.165) is 31.1 Å². The van der Waals surface area contributed by atoms with Gasteiger partial charge < -0.3 is 9.80 Å². The summed E-state index contributed by atoms with van der Waals surface area (Å²) >= 11 is 0. The van der Waals surface area contributed by atoms with Crippen LogP contribution in [0.25, 0.3) is 0 Å². The minimum atomic E-state index is 0.269. The molecule has 0 radical (unpaired) electrons. The van der Waals surface area contributed by atoms with Crippen molar-refractivity contribution >= 4 is 5.78 Å². The summed E-state index contributed by atoms with van der Waals surface area (Å²) in [6.07, 6.45) is 3.16. The van der Waals surface area contributed by atoms with Crippen molar-refractivity contribution in [2.75, 3.05) is 40.3 Å². The Bertz CT molecular complexity index is 445. The molecule has 21 heavy (non-hydrogen) atoms. The molecule has 3 nitrogen and oxygen atoms in total. The first-order valence-corrected chi connectivity index (χ1v) is 8.01. The summed E-state index contributed by atoms with van der Waals surface area (Å²) in [6, 6.07) is 7.92. The number of rotatable bonds is 6. The summed E-state index contributed by atoms with van der Waals surface area (Å²) in [5.41, 5.74) is 2.05. The van der Waals surface area contributed by atoms with Gasteiger partial charge in [0.15, 0.2) is 5.78 Å². The number of nitrogens with zero attached hydrogens (tertiary/aromatic N) is 2. The van der Waals surface area contributed by atoms with Gasteiger partial charge in [0.25, 0.3) is 0 Å². The Hall–Kier alpha value is -1.19. The topological polar surface area (TPSA) is 23.6 Å². The molecule has 3 heteroatoms. The lowest BCUT2D eigenvalue weighted by atomic mass is 9.96. The van der Waals surface area contributed by atoms with Crippen LogP contribution >= 0.6 is 0 Å². The van der Waals surface area contributed by atoms with Gasteiger partial charge in [0.05, 0.1) is 0 Å². The molecule has 0 aliphatic carbocycles. The molecule has 2 rings (SSSR count). The van der Waals surface area contributed by atoms with Crippen molar-refractivity contribution in [1.82, 2.24) is 9.80 Å². The Balaban J connectivity index is 1.72. The second-order valence-corrected chi connectivity index (χ2v) is 6.59. The van der Waals surface area contributed by atoms with Gasteiger partial charge in [0, 0.05) is 25.1 Å². The lowest BCUT2D eigenvalue weighted by Crippen LogP contribution is -2.38.